The number of carbonyl (C=O) groups is 2. The molecule has 198 valence electrons. The molecule has 1 fully saturated rings. The number of aromatic nitrogens is 1. The molecule has 1 aromatic heterocycles. The van der Waals surface area contributed by atoms with Gasteiger partial charge in [-0.1, -0.05) is 19.9 Å². The van der Waals surface area contributed by atoms with E-state index < -0.39 is 11.7 Å². The molecule has 1 heterocycles. The number of nitrogens with zero attached hydrogens (tertiary/aromatic N) is 1. The van der Waals surface area contributed by atoms with Crippen LogP contribution in [0, 0.1) is 0 Å². The number of hydrogen-bond donors (Lipinski definition) is 2. The van der Waals surface area contributed by atoms with Crippen LogP contribution in [0.1, 0.15) is 85.1 Å². The number of nitrogens with one attached hydrogen (secondary N) is 2. The first kappa shape index (κ1) is 28.3. The Hall–Kier alpha value is -2.26. The van der Waals surface area contributed by atoms with E-state index in [-0.39, 0.29) is 18.2 Å². The van der Waals surface area contributed by atoms with E-state index in [0.29, 0.717) is 16.9 Å². The third-order valence-electron chi connectivity index (χ3n) is 5.52. The molecule has 0 unspecified atom stereocenters. The summed E-state index contributed by atoms with van der Waals surface area (Å²) in [5, 5.41) is 7.37. The molecule has 1 aliphatic rings. The van der Waals surface area contributed by atoms with Gasteiger partial charge in [0.1, 0.15) is 5.60 Å². The van der Waals surface area contributed by atoms with Crippen LogP contribution in [-0.2, 0) is 9.47 Å². The lowest BCUT2D eigenvalue weighted by Crippen LogP contribution is -2.40. The van der Waals surface area contributed by atoms with Crippen LogP contribution in [-0.4, -0.2) is 40.2 Å². The highest BCUT2D eigenvalue weighted by atomic mass is 32.2. The van der Waals surface area contributed by atoms with Crippen LogP contribution in [0.3, 0.4) is 0 Å². The zero-order chi connectivity index (χ0) is 26.5. The van der Waals surface area contributed by atoms with Crippen LogP contribution in [0.2, 0.25) is 0 Å². The van der Waals surface area contributed by atoms with Gasteiger partial charge in [0, 0.05) is 39.6 Å². The van der Waals surface area contributed by atoms with Gasteiger partial charge in [0.15, 0.2) is 0 Å². The van der Waals surface area contributed by atoms with E-state index in [9.17, 15) is 9.59 Å². The van der Waals surface area contributed by atoms with E-state index in [1.165, 1.54) is 0 Å². The molecule has 0 bridgehead atoms. The third kappa shape index (κ3) is 8.69. The Morgan fingerprint density at radius 1 is 1.08 bits per heavy atom. The van der Waals surface area contributed by atoms with Gasteiger partial charge in [-0.05, 0) is 72.4 Å². The number of amides is 2. The Bertz CT molecular complexity index is 1040. The summed E-state index contributed by atoms with van der Waals surface area (Å²) in [6, 6.07) is 6.12. The number of hydrogen-bond acceptors (Lipinski definition) is 7. The summed E-state index contributed by atoms with van der Waals surface area (Å²) in [5.41, 5.74) is 1.35. The first-order valence-electron chi connectivity index (χ1n) is 12.6. The molecular weight excluding hydrogens is 494 g/mol. The summed E-state index contributed by atoms with van der Waals surface area (Å²) in [7, 11) is 0. The number of thiazole rings is 1. The summed E-state index contributed by atoms with van der Waals surface area (Å²) in [4.78, 5) is 31.2. The summed E-state index contributed by atoms with van der Waals surface area (Å²) >= 11 is 3.50. The van der Waals surface area contributed by atoms with E-state index in [1.807, 2.05) is 52.9 Å². The molecule has 36 heavy (non-hydrogen) atoms. The van der Waals surface area contributed by atoms with E-state index in [1.54, 1.807) is 23.1 Å². The Labute approximate surface area is 223 Å². The van der Waals surface area contributed by atoms with Gasteiger partial charge in [0.05, 0.1) is 16.0 Å². The lowest BCUT2D eigenvalue weighted by molar-refractivity contribution is 0.0491. The molecule has 0 atom stereocenters. The molecular formula is C27H39N3O4S2. The van der Waals surface area contributed by atoms with Gasteiger partial charge in [0.25, 0.3) is 0 Å². The number of thioether (sulfide) groups is 1. The van der Waals surface area contributed by atoms with Gasteiger partial charge < -0.3 is 14.8 Å². The lowest BCUT2D eigenvalue weighted by atomic mass is 9.86. The van der Waals surface area contributed by atoms with Crippen molar-refractivity contribution >= 4 is 41.0 Å². The Balaban J connectivity index is 1.67. The predicted octanol–water partition coefficient (Wildman–Crippen LogP) is 7.82. The van der Waals surface area contributed by atoms with Crippen molar-refractivity contribution in [1.82, 2.24) is 10.3 Å². The summed E-state index contributed by atoms with van der Waals surface area (Å²) < 4.78 is 10.6. The number of alkyl carbamates (subject to hydrolysis) is 1. The first-order chi connectivity index (χ1) is 16.9. The largest absolute Gasteiger partial charge is 0.447 e. The van der Waals surface area contributed by atoms with Gasteiger partial charge in [0.2, 0.25) is 0 Å². The molecule has 0 aliphatic heterocycles. The van der Waals surface area contributed by atoms with E-state index in [2.05, 4.69) is 30.5 Å². The second-order valence-electron chi connectivity index (χ2n) is 10.7. The second-order valence-corrected chi connectivity index (χ2v) is 13.4. The molecule has 1 aromatic carbocycles. The predicted molar refractivity (Wildman–Crippen MR) is 148 cm³/mol. The van der Waals surface area contributed by atoms with Crippen LogP contribution in [0.25, 0.3) is 10.4 Å². The minimum Gasteiger partial charge on any atom is -0.447 e. The molecule has 0 radical (unpaired) electrons. The van der Waals surface area contributed by atoms with Crippen molar-refractivity contribution in [2.45, 2.75) is 108 Å². The fourth-order valence-electron chi connectivity index (χ4n) is 4.08. The van der Waals surface area contributed by atoms with E-state index in [0.717, 1.165) is 46.0 Å². The molecule has 7 nitrogen and oxygen atoms in total. The number of carbonyl (C=O) groups excluding carboxylic acids is 2. The SMILES string of the molecule is CC(C)OC(=O)Nc1ccc(-c2cnc(C3CCC(NC(=O)OC(C)(C)C)CC3)s2)c(SC(C)C)c1. The second kappa shape index (κ2) is 12.3. The van der Waals surface area contributed by atoms with Crippen molar-refractivity contribution in [2.75, 3.05) is 5.32 Å². The topological polar surface area (TPSA) is 89.5 Å². The molecule has 0 saturated heterocycles. The first-order valence-corrected chi connectivity index (χ1v) is 14.3. The highest BCUT2D eigenvalue weighted by Crippen LogP contribution is 2.41. The van der Waals surface area contributed by atoms with Crippen molar-refractivity contribution in [2.24, 2.45) is 0 Å². The van der Waals surface area contributed by atoms with Crippen LogP contribution in [0.4, 0.5) is 15.3 Å². The van der Waals surface area contributed by atoms with E-state index in [4.69, 9.17) is 14.5 Å². The van der Waals surface area contributed by atoms with Crippen molar-refractivity contribution in [3.8, 4) is 10.4 Å². The molecule has 3 rings (SSSR count). The van der Waals surface area contributed by atoms with Crippen LogP contribution >= 0.6 is 23.1 Å². The zero-order valence-electron chi connectivity index (χ0n) is 22.3. The maximum Gasteiger partial charge on any atom is 0.411 e. The van der Waals surface area contributed by atoms with Gasteiger partial charge >= 0.3 is 12.2 Å². The smallest absolute Gasteiger partial charge is 0.411 e. The van der Waals surface area contributed by atoms with Crippen LogP contribution in [0.15, 0.2) is 29.3 Å². The van der Waals surface area contributed by atoms with Crippen LogP contribution in [0.5, 0.6) is 0 Å². The Morgan fingerprint density at radius 2 is 1.78 bits per heavy atom. The quantitative estimate of drug-likeness (QED) is 0.353. The molecule has 1 saturated carbocycles. The molecule has 2 aromatic rings. The molecule has 0 spiro atoms. The summed E-state index contributed by atoms with van der Waals surface area (Å²) in [5.74, 6) is 0.397. The number of ether oxygens (including phenoxy) is 2. The van der Waals surface area contributed by atoms with Gasteiger partial charge in [-0.2, -0.15) is 0 Å². The van der Waals surface area contributed by atoms with Gasteiger partial charge in [-0.15, -0.1) is 23.1 Å². The monoisotopic (exact) mass is 533 g/mol. The standard InChI is InChI=1S/C27H39N3O4S2/c1-16(2)33-25(31)30-20-12-13-21(22(14-20)35-17(3)4)23-15-28-24(36-23)18-8-10-19(11-9-18)29-26(32)34-27(5,6)7/h12-19H,8-11H2,1-7H3,(H,29,32)(H,30,31). The van der Waals surface area contributed by atoms with Crippen molar-refractivity contribution in [1.29, 1.82) is 0 Å². The Kier molecular flexibility index (Phi) is 9.69. The third-order valence-corrected chi connectivity index (χ3v) is 7.78. The molecule has 2 N–H and O–H groups in total. The van der Waals surface area contributed by atoms with Crippen molar-refractivity contribution in [3.63, 3.8) is 0 Å². The zero-order valence-corrected chi connectivity index (χ0v) is 24.0. The maximum atomic E-state index is 12.1. The summed E-state index contributed by atoms with van der Waals surface area (Å²) in [6.45, 7) is 13.6. The average molecular weight is 534 g/mol. The average Bonchev–Trinajstić information content (AvgIpc) is 3.22. The highest BCUT2D eigenvalue weighted by Gasteiger charge is 2.27. The molecule has 2 amide bonds. The number of benzene rings is 1. The summed E-state index contributed by atoms with van der Waals surface area (Å²) in [6.07, 6.45) is 4.81. The lowest BCUT2D eigenvalue weighted by Gasteiger charge is -2.29. The fourth-order valence-corrected chi connectivity index (χ4v) is 6.28. The van der Waals surface area contributed by atoms with Gasteiger partial charge in [-0.3, -0.25) is 5.32 Å². The minimum atomic E-state index is -0.489. The Morgan fingerprint density at radius 3 is 2.39 bits per heavy atom. The number of rotatable bonds is 7. The minimum absolute atomic E-state index is 0.145. The molecule has 9 heteroatoms. The number of anilines is 1. The maximum absolute atomic E-state index is 12.1. The fraction of sp³-hybridized carbons (Fsp3) is 0.593. The molecule has 1 aliphatic carbocycles. The van der Waals surface area contributed by atoms with Crippen molar-refractivity contribution in [3.05, 3.63) is 29.4 Å². The van der Waals surface area contributed by atoms with Crippen molar-refractivity contribution < 1.29 is 19.1 Å². The van der Waals surface area contributed by atoms with Gasteiger partial charge in [-0.25, -0.2) is 14.6 Å². The normalized spacial score (nSPS) is 18.2. The highest BCUT2D eigenvalue weighted by molar-refractivity contribution is 8.00. The van der Waals surface area contributed by atoms with E-state index >= 15 is 0 Å². The van der Waals surface area contributed by atoms with Crippen LogP contribution < -0.4 is 10.6 Å².